The number of amides is 1. The summed E-state index contributed by atoms with van der Waals surface area (Å²) in [7, 11) is 0. The number of hydrogen-bond donors (Lipinski definition) is 1. The average molecular weight is 307 g/mol. The van der Waals surface area contributed by atoms with Crippen LogP contribution in [0.3, 0.4) is 0 Å². The summed E-state index contributed by atoms with van der Waals surface area (Å²) in [5.74, 6) is -0.959. The van der Waals surface area contributed by atoms with Crippen molar-refractivity contribution in [1.29, 1.82) is 0 Å². The summed E-state index contributed by atoms with van der Waals surface area (Å²) in [6.45, 7) is 1.28. The maximum atomic E-state index is 12.7. The summed E-state index contributed by atoms with van der Waals surface area (Å²) in [6.07, 6.45) is -4.52. The van der Waals surface area contributed by atoms with E-state index in [4.69, 9.17) is 0 Å². The molecule has 0 aliphatic rings. The first-order chi connectivity index (χ1) is 10.3. The van der Waals surface area contributed by atoms with Crippen molar-refractivity contribution in [3.63, 3.8) is 0 Å². The zero-order valence-corrected chi connectivity index (χ0v) is 11.6. The van der Waals surface area contributed by atoms with E-state index in [9.17, 15) is 22.8 Å². The lowest BCUT2D eigenvalue weighted by molar-refractivity contribution is -0.137. The van der Waals surface area contributed by atoms with Gasteiger partial charge in [-0.15, -0.1) is 0 Å². The molecule has 0 aliphatic carbocycles. The van der Waals surface area contributed by atoms with Gasteiger partial charge in [0.2, 0.25) is 5.91 Å². The first-order valence-electron chi connectivity index (χ1n) is 6.37. The van der Waals surface area contributed by atoms with Crippen LogP contribution in [0, 0.1) is 0 Å². The third-order valence-electron chi connectivity index (χ3n) is 2.93. The van der Waals surface area contributed by atoms with Crippen LogP contribution in [0.5, 0.6) is 0 Å². The third-order valence-corrected chi connectivity index (χ3v) is 2.93. The third kappa shape index (κ3) is 3.52. The van der Waals surface area contributed by atoms with Crippen LogP contribution in [-0.4, -0.2) is 11.7 Å². The van der Waals surface area contributed by atoms with Gasteiger partial charge in [0.15, 0.2) is 5.78 Å². The number of halogens is 3. The summed E-state index contributed by atoms with van der Waals surface area (Å²) in [5, 5.41) is 2.49. The molecule has 2 aromatic carbocycles. The molecule has 2 rings (SSSR count). The van der Waals surface area contributed by atoms with E-state index in [0.29, 0.717) is 0 Å². The molecular formula is C16H12F3NO2. The van der Waals surface area contributed by atoms with Crippen molar-refractivity contribution in [1.82, 2.24) is 0 Å². The molecule has 0 radical (unpaired) electrons. The van der Waals surface area contributed by atoms with Crippen LogP contribution < -0.4 is 5.32 Å². The standard InChI is InChI=1S/C16H12F3NO2/c1-10(21)20-14-8-3-2-7-13(14)15(22)11-5-4-6-12(9-11)16(17,18)19/h2-9H,1H3,(H,20,21). The highest BCUT2D eigenvalue weighted by atomic mass is 19.4. The quantitative estimate of drug-likeness (QED) is 0.874. The minimum absolute atomic E-state index is 0.0902. The highest BCUT2D eigenvalue weighted by Crippen LogP contribution is 2.30. The van der Waals surface area contributed by atoms with Crippen LogP contribution in [0.4, 0.5) is 18.9 Å². The van der Waals surface area contributed by atoms with Crippen LogP contribution in [0.2, 0.25) is 0 Å². The van der Waals surface area contributed by atoms with Gasteiger partial charge < -0.3 is 5.32 Å². The molecule has 3 nitrogen and oxygen atoms in total. The number of benzene rings is 2. The number of rotatable bonds is 3. The van der Waals surface area contributed by atoms with Gasteiger partial charge in [-0.2, -0.15) is 13.2 Å². The predicted octanol–water partition coefficient (Wildman–Crippen LogP) is 3.89. The minimum atomic E-state index is -4.52. The predicted molar refractivity (Wildman–Crippen MR) is 75.6 cm³/mol. The molecule has 0 bridgehead atoms. The number of nitrogens with one attached hydrogen (secondary N) is 1. The Balaban J connectivity index is 2.43. The maximum absolute atomic E-state index is 12.7. The van der Waals surface area contributed by atoms with Gasteiger partial charge in [-0.3, -0.25) is 9.59 Å². The van der Waals surface area contributed by atoms with Gasteiger partial charge in [-0.05, 0) is 24.3 Å². The van der Waals surface area contributed by atoms with Gasteiger partial charge in [-0.25, -0.2) is 0 Å². The van der Waals surface area contributed by atoms with E-state index in [1.807, 2.05) is 0 Å². The fraction of sp³-hybridized carbons (Fsp3) is 0.125. The zero-order chi connectivity index (χ0) is 16.3. The fourth-order valence-corrected chi connectivity index (χ4v) is 1.97. The second kappa shape index (κ2) is 6.01. The molecular weight excluding hydrogens is 295 g/mol. The van der Waals surface area contributed by atoms with Crippen LogP contribution in [0.25, 0.3) is 0 Å². The van der Waals surface area contributed by atoms with Gasteiger partial charge in [0.25, 0.3) is 0 Å². The lowest BCUT2D eigenvalue weighted by Gasteiger charge is -2.11. The van der Waals surface area contributed by atoms with Crippen molar-refractivity contribution in [2.75, 3.05) is 5.32 Å². The number of ketones is 1. The number of anilines is 1. The molecule has 0 spiro atoms. The summed E-state index contributed by atoms with van der Waals surface area (Å²) in [4.78, 5) is 23.5. The van der Waals surface area contributed by atoms with E-state index in [1.165, 1.54) is 31.2 Å². The normalized spacial score (nSPS) is 11.1. The Labute approximate surface area is 124 Å². The first-order valence-corrected chi connectivity index (χ1v) is 6.37. The summed E-state index contributed by atoms with van der Waals surface area (Å²) in [5.41, 5.74) is -0.586. The molecule has 22 heavy (non-hydrogen) atoms. The largest absolute Gasteiger partial charge is 0.416 e. The van der Waals surface area contributed by atoms with Crippen LogP contribution >= 0.6 is 0 Å². The van der Waals surface area contributed by atoms with Crippen molar-refractivity contribution in [2.24, 2.45) is 0 Å². The Kier molecular flexibility index (Phi) is 4.30. The molecule has 0 saturated carbocycles. The lowest BCUT2D eigenvalue weighted by Crippen LogP contribution is -2.12. The molecule has 6 heteroatoms. The molecule has 0 saturated heterocycles. The Bertz CT molecular complexity index is 723. The second-order valence-corrected chi connectivity index (χ2v) is 4.63. The smallest absolute Gasteiger partial charge is 0.326 e. The van der Waals surface area contributed by atoms with Gasteiger partial charge in [0.1, 0.15) is 0 Å². The Morgan fingerprint density at radius 3 is 2.32 bits per heavy atom. The Hall–Kier alpha value is -2.63. The number of para-hydroxylation sites is 1. The first kappa shape index (κ1) is 15.8. The molecule has 1 N–H and O–H groups in total. The van der Waals surface area contributed by atoms with E-state index < -0.39 is 17.5 Å². The SMILES string of the molecule is CC(=O)Nc1ccccc1C(=O)c1cccc(C(F)(F)F)c1. The summed E-state index contributed by atoms with van der Waals surface area (Å²) < 4.78 is 38.2. The van der Waals surface area contributed by atoms with Crippen molar-refractivity contribution in [3.8, 4) is 0 Å². The highest BCUT2D eigenvalue weighted by Gasteiger charge is 2.31. The monoisotopic (exact) mass is 307 g/mol. The lowest BCUT2D eigenvalue weighted by atomic mass is 9.99. The highest BCUT2D eigenvalue weighted by molar-refractivity contribution is 6.13. The van der Waals surface area contributed by atoms with Gasteiger partial charge >= 0.3 is 6.18 Å². The van der Waals surface area contributed by atoms with E-state index >= 15 is 0 Å². The van der Waals surface area contributed by atoms with Crippen molar-refractivity contribution in [2.45, 2.75) is 13.1 Å². The second-order valence-electron chi connectivity index (χ2n) is 4.63. The van der Waals surface area contributed by atoms with Crippen LogP contribution in [0.1, 0.15) is 28.4 Å². The van der Waals surface area contributed by atoms with Gasteiger partial charge in [0, 0.05) is 18.1 Å². The average Bonchev–Trinajstić information content (AvgIpc) is 2.46. The van der Waals surface area contributed by atoms with Crippen molar-refractivity contribution >= 4 is 17.4 Å². The van der Waals surface area contributed by atoms with E-state index in [-0.39, 0.29) is 22.7 Å². The molecule has 0 unspecified atom stereocenters. The molecule has 1 amide bonds. The van der Waals surface area contributed by atoms with E-state index in [0.717, 1.165) is 12.1 Å². The van der Waals surface area contributed by atoms with E-state index in [2.05, 4.69) is 5.32 Å². The maximum Gasteiger partial charge on any atom is 0.416 e. The molecule has 0 aliphatic heterocycles. The molecule has 2 aromatic rings. The molecule has 0 atom stereocenters. The van der Waals surface area contributed by atoms with Crippen LogP contribution in [0.15, 0.2) is 48.5 Å². The molecule has 114 valence electrons. The zero-order valence-electron chi connectivity index (χ0n) is 11.6. The van der Waals surface area contributed by atoms with E-state index in [1.54, 1.807) is 12.1 Å². The Morgan fingerprint density at radius 1 is 1.00 bits per heavy atom. The summed E-state index contributed by atoms with van der Waals surface area (Å²) >= 11 is 0. The molecule has 0 heterocycles. The number of carbonyl (C=O) groups is 2. The number of carbonyl (C=O) groups excluding carboxylic acids is 2. The number of hydrogen-bond acceptors (Lipinski definition) is 2. The topological polar surface area (TPSA) is 46.2 Å². The fourth-order valence-electron chi connectivity index (χ4n) is 1.97. The Morgan fingerprint density at radius 2 is 1.68 bits per heavy atom. The number of alkyl halides is 3. The molecule has 0 fully saturated rings. The van der Waals surface area contributed by atoms with Gasteiger partial charge in [0.05, 0.1) is 11.3 Å². The molecule has 0 aromatic heterocycles. The van der Waals surface area contributed by atoms with Crippen LogP contribution in [-0.2, 0) is 11.0 Å². The van der Waals surface area contributed by atoms with Crippen molar-refractivity contribution in [3.05, 3.63) is 65.2 Å². The minimum Gasteiger partial charge on any atom is -0.326 e. The van der Waals surface area contributed by atoms with Gasteiger partial charge in [-0.1, -0.05) is 24.3 Å². The van der Waals surface area contributed by atoms with Crippen molar-refractivity contribution < 1.29 is 22.8 Å². The summed E-state index contributed by atoms with van der Waals surface area (Å²) in [6, 6.07) is 10.3.